The molecule has 0 unspecified atom stereocenters. The third-order valence-corrected chi connectivity index (χ3v) is 5.10. The van der Waals surface area contributed by atoms with E-state index in [1.165, 1.54) is 30.3 Å². The van der Waals surface area contributed by atoms with Gasteiger partial charge in [0.2, 0.25) is 11.8 Å². The minimum absolute atomic E-state index is 0.0414. The largest absolute Gasteiger partial charge is 0.471 e. The fourth-order valence-corrected chi connectivity index (χ4v) is 3.53. The molecule has 4 aromatic rings. The summed E-state index contributed by atoms with van der Waals surface area (Å²) in [5.74, 6) is 0.310. The molecule has 2 N–H and O–H groups in total. The van der Waals surface area contributed by atoms with Gasteiger partial charge < -0.3 is 15.4 Å². The second kappa shape index (κ2) is 9.96. The molecule has 7 nitrogen and oxygen atoms in total. The lowest BCUT2D eigenvalue weighted by Gasteiger charge is -2.17. The number of nitrogens with two attached hydrogens (primary N) is 1. The van der Waals surface area contributed by atoms with Crippen molar-refractivity contribution < 1.29 is 17.9 Å². The molecule has 35 heavy (non-hydrogen) atoms. The molecular formula is C25H23F3N6O. The molecular weight excluding hydrogens is 457 g/mol. The number of aromatic nitrogens is 4. The van der Waals surface area contributed by atoms with E-state index >= 15 is 0 Å². The van der Waals surface area contributed by atoms with Gasteiger partial charge in [-0.2, -0.15) is 4.98 Å². The van der Waals surface area contributed by atoms with Gasteiger partial charge in [0.25, 0.3) is 6.43 Å². The number of nitrogens with zero attached hydrogens (tertiary/aromatic N) is 5. The van der Waals surface area contributed by atoms with Crippen LogP contribution in [0.4, 0.5) is 24.9 Å². The lowest BCUT2D eigenvalue weighted by molar-refractivity contribution is 0.146. The zero-order chi connectivity index (χ0) is 25.1. The number of aryl methyl sites for hydroxylation is 1. The van der Waals surface area contributed by atoms with E-state index in [4.69, 9.17) is 10.5 Å². The molecule has 0 fully saturated rings. The summed E-state index contributed by atoms with van der Waals surface area (Å²) in [6, 6.07) is 14.0. The zero-order valence-electron chi connectivity index (χ0n) is 19.3. The first-order valence-corrected chi connectivity index (χ1v) is 10.7. The van der Waals surface area contributed by atoms with Gasteiger partial charge in [0.05, 0.1) is 17.0 Å². The first-order valence-electron chi connectivity index (χ1n) is 10.7. The number of alkyl halides is 2. The summed E-state index contributed by atoms with van der Waals surface area (Å²) in [4.78, 5) is 18.9. The third kappa shape index (κ3) is 5.48. The Balaban J connectivity index is 1.86. The van der Waals surface area contributed by atoms with Crippen LogP contribution >= 0.6 is 0 Å². The number of rotatable bonds is 7. The van der Waals surface area contributed by atoms with Gasteiger partial charge in [-0.1, -0.05) is 6.07 Å². The van der Waals surface area contributed by atoms with Crippen LogP contribution in [0.3, 0.4) is 0 Å². The Kier molecular flexibility index (Phi) is 6.81. The molecule has 0 radical (unpaired) electrons. The van der Waals surface area contributed by atoms with Crippen LogP contribution in [0, 0.1) is 12.7 Å². The Morgan fingerprint density at radius 3 is 2.37 bits per heavy atom. The van der Waals surface area contributed by atoms with Gasteiger partial charge in [0, 0.05) is 25.4 Å². The van der Waals surface area contributed by atoms with Crippen LogP contribution in [-0.4, -0.2) is 34.0 Å². The van der Waals surface area contributed by atoms with Crippen molar-refractivity contribution in [2.45, 2.75) is 20.0 Å². The summed E-state index contributed by atoms with van der Waals surface area (Å²) in [7, 11) is 3.75. The summed E-state index contributed by atoms with van der Waals surface area (Å²) in [6.07, 6.45) is -2.78. The molecule has 10 heteroatoms. The highest BCUT2D eigenvalue weighted by Gasteiger charge is 2.21. The van der Waals surface area contributed by atoms with Gasteiger partial charge >= 0.3 is 0 Å². The predicted molar refractivity (Wildman–Crippen MR) is 128 cm³/mol. The Morgan fingerprint density at radius 1 is 0.943 bits per heavy atom. The number of hydrogen-bond donors (Lipinski definition) is 1. The molecule has 4 rings (SSSR count). The Morgan fingerprint density at radius 2 is 1.69 bits per heavy atom. The van der Waals surface area contributed by atoms with E-state index in [1.807, 2.05) is 31.1 Å². The second-order valence-corrected chi connectivity index (χ2v) is 8.01. The summed E-state index contributed by atoms with van der Waals surface area (Å²) < 4.78 is 46.7. The van der Waals surface area contributed by atoms with Crippen LogP contribution in [0.1, 0.15) is 23.5 Å². The van der Waals surface area contributed by atoms with E-state index in [-0.39, 0.29) is 18.4 Å². The molecule has 0 bridgehead atoms. The van der Waals surface area contributed by atoms with Crippen molar-refractivity contribution in [2.24, 2.45) is 0 Å². The topological polar surface area (TPSA) is 90.0 Å². The summed E-state index contributed by atoms with van der Waals surface area (Å²) in [5.41, 5.74) is 8.13. The van der Waals surface area contributed by atoms with Crippen molar-refractivity contribution in [2.75, 3.05) is 24.7 Å². The van der Waals surface area contributed by atoms with Crippen LogP contribution in [0.25, 0.3) is 22.4 Å². The van der Waals surface area contributed by atoms with Crippen molar-refractivity contribution in [3.05, 3.63) is 77.5 Å². The maximum absolute atomic E-state index is 13.6. The summed E-state index contributed by atoms with van der Waals surface area (Å²) in [6.45, 7) is 1.65. The highest BCUT2D eigenvalue weighted by atomic mass is 19.3. The number of anilines is 2. The maximum atomic E-state index is 13.6. The average molecular weight is 480 g/mol. The number of halogens is 3. The van der Waals surface area contributed by atoms with Crippen molar-refractivity contribution in [3.8, 4) is 28.3 Å². The van der Waals surface area contributed by atoms with Crippen LogP contribution < -0.4 is 15.4 Å². The highest BCUT2D eigenvalue weighted by molar-refractivity contribution is 5.85. The van der Waals surface area contributed by atoms with Gasteiger partial charge in [0.15, 0.2) is 0 Å². The molecule has 0 aliphatic carbocycles. The van der Waals surface area contributed by atoms with E-state index in [1.54, 1.807) is 19.1 Å². The molecule has 0 saturated carbocycles. The zero-order valence-corrected chi connectivity index (χ0v) is 19.3. The Hall–Kier alpha value is -4.21. The van der Waals surface area contributed by atoms with E-state index < -0.39 is 17.9 Å². The third-order valence-electron chi connectivity index (χ3n) is 5.10. The number of nitrogen functional groups attached to an aromatic ring is 1. The van der Waals surface area contributed by atoms with Gasteiger partial charge in [-0.15, -0.1) is 0 Å². The molecule has 0 aliphatic heterocycles. The van der Waals surface area contributed by atoms with Crippen molar-refractivity contribution in [1.29, 1.82) is 0 Å². The lowest BCUT2D eigenvalue weighted by Crippen LogP contribution is -2.12. The smallest absolute Gasteiger partial charge is 0.280 e. The van der Waals surface area contributed by atoms with E-state index in [2.05, 4.69) is 19.9 Å². The quantitative estimate of drug-likeness (QED) is 0.388. The fourth-order valence-electron chi connectivity index (χ4n) is 3.53. The van der Waals surface area contributed by atoms with Crippen LogP contribution in [-0.2, 0) is 6.61 Å². The van der Waals surface area contributed by atoms with Crippen molar-refractivity contribution >= 4 is 11.8 Å². The number of pyridine rings is 2. The minimum atomic E-state index is -2.78. The van der Waals surface area contributed by atoms with E-state index in [0.29, 0.717) is 33.8 Å². The van der Waals surface area contributed by atoms with Crippen LogP contribution in [0.2, 0.25) is 0 Å². The molecule has 3 aromatic heterocycles. The normalized spacial score (nSPS) is 11.1. The van der Waals surface area contributed by atoms with Crippen LogP contribution in [0.5, 0.6) is 5.88 Å². The Labute approximate surface area is 200 Å². The first-order chi connectivity index (χ1) is 16.7. The minimum Gasteiger partial charge on any atom is -0.471 e. The lowest BCUT2D eigenvalue weighted by atomic mass is 9.99. The van der Waals surface area contributed by atoms with Crippen LogP contribution in [0.15, 0.2) is 54.6 Å². The van der Waals surface area contributed by atoms with Gasteiger partial charge in [-0.25, -0.2) is 23.1 Å². The Bertz CT molecular complexity index is 1350. The fraction of sp³-hybridized carbons (Fsp3) is 0.200. The summed E-state index contributed by atoms with van der Waals surface area (Å²) in [5, 5.41) is 0. The molecule has 0 amide bonds. The SMILES string of the molecule is Cc1cc(-c2c(OCc3cccc(N(C)C)n3)nc(N)nc2-c2ccc(F)cc2)cc(C(F)F)n1. The number of hydrogen-bond acceptors (Lipinski definition) is 7. The molecule has 0 spiro atoms. The predicted octanol–water partition coefficient (Wildman–Crippen LogP) is 5.21. The van der Waals surface area contributed by atoms with E-state index in [0.717, 1.165) is 5.82 Å². The summed E-state index contributed by atoms with van der Waals surface area (Å²) >= 11 is 0. The van der Waals surface area contributed by atoms with Gasteiger partial charge in [-0.3, -0.25) is 4.98 Å². The van der Waals surface area contributed by atoms with Crippen molar-refractivity contribution in [3.63, 3.8) is 0 Å². The maximum Gasteiger partial charge on any atom is 0.280 e. The molecule has 180 valence electrons. The number of benzene rings is 1. The van der Waals surface area contributed by atoms with Crippen molar-refractivity contribution in [1.82, 2.24) is 19.9 Å². The molecule has 3 heterocycles. The molecule has 0 atom stereocenters. The number of ether oxygens (including phenoxy) is 1. The molecule has 1 aromatic carbocycles. The average Bonchev–Trinajstić information content (AvgIpc) is 2.82. The highest BCUT2D eigenvalue weighted by Crippen LogP contribution is 2.39. The standard InChI is InChI=1S/C25H23F3N6O/c1-14-11-16(12-19(30-14)23(27)28)21-22(15-7-9-17(26)10-8-15)32-25(29)33-24(21)35-13-18-5-4-6-20(31-18)34(2)3/h4-12,23H,13H2,1-3H3,(H2,29,32,33). The van der Waals surface area contributed by atoms with Gasteiger partial charge in [0.1, 0.15) is 23.9 Å². The first kappa shape index (κ1) is 23.9. The van der Waals surface area contributed by atoms with Gasteiger partial charge in [-0.05, 0) is 61.0 Å². The monoisotopic (exact) mass is 480 g/mol. The molecule has 0 aliphatic rings. The molecule has 0 saturated heterocycles. The van der Waals surface area contributed by atoms with E-state index in [9.17, 15) is 13.2 Å². The second-order valence-electron chi connectivity index (χ2n) is 8.01.